The Kier molecular flexibility index (Phi) is 4.63. The Morgan fingerprint density at radius 1 is 1.32 bits per heavy atom. The molecule has 0 aliphatic carbocycles. The zero-order valence-electron chi connectivity index (χ0n) is 11.2. The second-order valence-electron chi connectivity index (χ2n) is 4.96. The summed E-state index contributed by atoms with van der Waals surface area (Å²) in [4.78, 5) is 13.8. The average Bonchev–Trinajstić information content (AvgIpc) is 2.88. The first kappa shape index (κ1) is 13.7. The highest BCUT2D eigenvalue weighted by Gasteiger charge is 2.12. The lowest BCUT2D eigenvalue weighted by Gasteiger charge is -2.16. The number of rotatable bonds is 6. The van der Waals surface area contributed by atoms with Crippen LogP contribution < -0.4 is 16.8 Å². The molecule has 1 amide bonds. The first-order valence-corrected chi connectivity index (χ1v) is 6.83. The number of carbonyl (C=O) groups is 1. The highest BCUT2D eigenvalue weighted by Crippen LogP contribution is 2.23. The minimum absolute atomic E-state index is 0.450. The zero-order valence-corrected chi connectivity index (χ0v) is 11.2. The molecule has 1 heterocycles. The van der Waals surface area contributed by atoms with Gasteiger partial charge in [-0.25, -0.2) is 0 Å². The summed E-state index contributed by atoms with van der Waals surface area (Å²) in [5.74, 6) is -0.450. The minimum atomic E-state index is -0.450. The van der Waals surface area contributed by atoms with Crippen molar-refractivity contribution in [3.8, 4) is 0 Å². The summed E-state index contributed by atoms with van der Waals surface area (Å²) in [6, 6.07) is 5.21. The van der Waals surface area contributed by atoms with Crippen LogP contribution in [0.25, 0.3) is 0 Å². The minimum Gasteiger partial charge on any atom is -0.397 e. The van der Waals surface area contributed by atoms with Gasteiger partial charge in [-0.15, -0.1) is 0 Å². The van der Waals surface area contributed by atoms with E-state index in [4.69, 9.17) is 11.5 Å². The maximum Gasteiger partial charge on any atom is 0.250 e. The number of likely N-dealkylation sites (tertiary alicyclic amines) is 1. The third kappa shape index (κ3) is 3.61. The maximum atomic E-state index is 11.3. The summed E-state index contributed by atoms with van der Waals surface area (Å²) in [5, 5.41) is 3.23. The topological polar surface area (TPSA) is 84.4 Å². The molecular weight excluding hydrogens is 240 g/mol. The smallest absolute Gasteiger partial charge is 0.250 e. The number of carbonyl (C=O) groups excluding carboxylic acids is 1. The van der Waals surface area contributed by atoms with E-state index in [2.05, 4.69) is 10.2 Å². The van der Waals surface area contributed by atoms with Gasteiger partial charge in [0.1, 0.15) is 0 Å². The van der Waals surface area contributed by atoms with Gasteiger partial charge in [-0.1, -0.05) is 6.07 Å². The van der Waals surface area contributed by atoms with Crippen molar-refractivity contribution in [2.24, 2.45) is 5.73 Å². The van der Waals surface area contributed by atoms with Crippen LogP contribution in [0, 0.1) is 0 Å². The summed E-state index contributed by atoms with van der Waals surface area (Å²) in [6.45, 7) is 4.30. The number of nitrogens with zero attached hydrogens (tertiary/aromatic N) is 1. The Bertz CT molecular complexity index is 441. The number of nitrogens with two attached hydrogens (primary N) is 2. The maximum absolute atomic E-state index is 11.3. The molecule has 0 saturated carbocycles. The van der Waals surface area contributed by atoms with Gasteiger partial charge in [0.15, 0.2) is 0 Å². The second-order valence-corrected chi connectivity index (χ2v) is 4.96. The highest BCUT2D eigenvalue weighted by atomic mass is 16.1. The molecule has 5 nitrogen and oxygen atoms in total. The van der Waals surface area contributed by atoms with E-state index in [9.17, 15) is 4.79 Å². The van der Waals surface area contributed by atoms with Crippen LogP contribution in [-0.2, 0) is 0 Å². The first-order valence-electron chi connectivity index (χ1n) is 6.83. The molecule has 1 saturated heterocycles. The Labute approximate surface area is 113 Å². The van der Waals surface area contributed by atoms with Crippen molar-refractivity contribution in [1.29, 1.82) is 0 Å². The van der Waals surface area contributed by atoms with Crippen LogP contribution in [0.2, 0.25) is 0 Å². The molecule has 0 atom stereocenters. The van der Waals surface area contributed by atoms with Crippen LogP contribution in [0.3, 0.4) is 0 Å². The lowest BCUT2D eigenvalue weighted by atomic mass is 10.1. The number of amides is 1. The van der Waals surface area contributed by atoms with E-state index in [1.54, 1.807) is 18.2 Å². The fourth-order valence-corrected chi connectivity index (χ4v) is 2.50. The molecule has 104 valence electrons. The van der Waals surface area contributed by atoms with Crippen LogP contribution in [0.5, 0.6) is 0 Å². The Morgan fingerprint density at radius 2 is 2.05 bits per heavy atom. The first-order chi connectivity index (χ1) is 9.18. The van der Waals surface area contributed by atoms with E-state index in [1.165, 1.54) is 25.9 Å². The van der Waals surface area contributed by atoms with Crippen LogP contribution in [-0.4, -0.2) is 37.0 Å². The third-order valence-corrected chi connectivity index (χ3v) is 3.51. The van der Waals surface area contributed by atoms with Gasteiger partial charge in [-0.05, 0) is 51.0 Å². The van der Waals surface area contributed by atoms with Crippen molar-refractivity contribution in [2.45, 2.75) is 19.3 Å². The van der Waals surface area contributed by atoms with Gasteiger partial charge in [0.05, 0.1) is 16.9 Å². The summed E-state index contributed by atoms with van der Waals surface area (Å²) in [7, 11) is 0. The molecule has 5 heteroatoms. The predicted molar refractivity (Wildman–Crippen MR) is 78.2 cm³/mol. The molecule has 0 aromatic heterocycles. The van der Waals surface area contributed by atoms with Crippen LogP contribution in [0.15, 0.2) is 18.2 Å². The van der Waals surface area contributed by atoms with E-state index >= 15 is 0 Å². The fraction of sp³-hybridized carbons (Fsp3) is 0.500. The molecular formula is C14H22N4O. The number of hydrogen-bond donors (Lipinski definition) is 3. The largest absolute Gasteiger partial charge is 0.397 e. The number of nitrogens with one attached hydrogen (secondary N) is 1. The van der Waals surface area contributed by atoms with Gasteiger partial charge in [-0.2, -0.15) is 0 Å². The molecule has 0 spiro atoms. The van der Waals surface area contributed by atoms with Crippen LogP contribution in [0.1, 0.15) is 29.6 Å². The van der Waals surface area contributed by atoms with Crippen molar-refractivity contribution in [3.05, 3.63) is 23.8 Å². The van der Waals surface area contributed by atoms with E-state index in [0.29, 0.717) is 16.9 Å². The molecule has 1 aromatic carbocycles. The molecule has 0 unspecified atom stereocenters. The quantitative estimate of drug-likeness (QED) is 0.532. The molecule has 0 radical (unpaired) electrons. The van der Waals surface area contributed by atoms with Gasteiger partial charge in [0.2, 0.25) is 0 Å². The Morgan fingerprint density at radius 3 is 2.74 bits per heavy atom. The number of anilines is 2. The summed E-state index contributed by atoms with van der Waals surface area (Å²) in [5.41, 5.74) is 12.9. The molecule has 1 aromatic rings. The molecule has 1 aliphatic heterocycles. The number of hydrogen-bond acceptors (Lipinski definition) is 4. The lowest BCUT2D eigenvalue weighted by Crippen LogP contribution is -2.23. The van der Waals surface area contributed by atoms with E-state index in [1.807, 2.05) is 0 Å². The SMILES string of the molecule is NC(=O)c1cccc(N)c1NCCCN1CCCC1. The predicted octanol–water partition coefficient (Wildman–Crippen LogP) is 1.27. The van der Waals surface area contributed by atoms with E-state index in [-0.39, 0.29) is 0 Å². The standard InChI is InChI=1S/C14H22N4O/c15-12-6-3-5-11(14(16)19)13(12)17-7-4-10-18-8-1-2-9-18/h3,5-6,17H,1-2,4,7-10,15H2,(H2,16,19). The van der Waals surface area contributed by atoms with Gasteiger partial charge in [0, 0.05) is 6.54 Å². The summed E-state index contributed by atoms with van der Waals surface area (Å²) in [6.07, 6.45) is 3.66. The molecule has 2 rings (SSSR count). The second kappa shape index (κ2) is 6.43. The van der Waals surface area contributed by atoms with Gasteiger partial charge in [-0.3, -0.25) is 4.79 Å². The summed E-state index contributed by atoms with van der Waals surface area (Å²) >= 11 is 0. The molecule has 19 heavy (non-hydrogen) atoms. The van der Waals surface area contributed by atoms with Crippen LogP contribution >= 0.6 is 0 Å². The normalized spacial score (nSPS) is 15.6. The highest BCUT2D eigenvalue weighted by molar-refractivity contribution is 6.01. The zero-order chi connectivity index (χ0) is 13.7. The molecule has 5 N–H and O–H groups in total. The van der Waals surface area contributed by atoms with Crippen LogP contribution in [0.4, 0.5) is 11.4 Å². The number of nitrogen functional groups attached to an aromatic ring is 1. The van der Waals surface area contributed by atoms with Crippen molar-refractivity contribution in [1.82, 2.24) is 4.90 Å². The summed E-state index contributed by atoms with van der Waals surface area (Å²) < 4.78 is 0. The number of para-hydroxylation sites is 1. The number of primary amides is 1. The third-order valence-electron chi connectivity index (χ3n) is 3.51. The Balaban J connectivity index is 1.86. The monoisotopic (exact) mass is 262 g/mol. The van der Waals surface area contributed by atoms with Gasteiger partial charge >= 0.3 is 0 Å². The van der Waals surface area contributed by atoms with Gasteiger partial charge < -0.3 is 21.7 Å². The number of benzene rings is 1. The van der Waals surface area contributed by atoms with Crippen molar-refractivity contribution >= 4 is 17.3 Å². The molecule has 1 fully saturated rings. The lowest BCUT2D eigenvalue weighted by molar-refractivity contribution is 0.100. The molecule has 1 aliphatic rings. The average molecular weight is 262 g/mol. The van der Waals surface area contributed by atoms with Gasteiger partial charge in [0.25, 0.3) is 5.91 Å². The van der Waals surface area contributed by atoms with E-state index < -0.39 is 5.91 Å². The Hall–Kier alpha value is -1.75. The van der Waals surface area contributed by atoms with Crippen molar-refractivity contribution < 1.29 is 4.79 Å². The van der Waals surface area contributed by atoms with Crippen molar-refractivity contribution in [2.75, 3.05) is 37.2 Å². The van der Waals surface area contributed by atoms with E-state index in [0.717, 1.165) is 19.5 Å². The van der Waals surface area contributed by atoms with Crippen molar-refractivity contribution in [3.63, 3.8) is 0 Å². The molecule has 0 bridgehead atoms. The fourth-order valence-electron chi connectivity index (χ4n) is 2.50.